The molecule has 0 aliphatic rings. The lowest BCUT2D eigenvalue weighted by molar-refractivity contribution is 1.19. The van der Waals surface area contributed by atoms with Crippen molar-refractivity contribution in [2.45, 2.75) is 0 Å². The maximum atomic E-state index is 5.27. The first-order valence-electron chi connectivity index (χ1n) is 16.2. The minimum Gasteiger partial charge on any atom is -0.308 e. The number of fused-ring (bicyclic) bond motifs is 8. The van der Waals surface area contributed by atoms with Gasteiger partial charge in [-0.05, 0) is 41.1 Å². The Bertz CT molecular complexity index is 2720. The highest BCUT2D eigenvalue weighted by molar-refractivity contribution is 7.27. The Morgan fingerprint density at radius 1 is 0.438 bits per heavy atom. The van der Waals surface area contributed by atoms with Crippen LogP contribution >= 0.6 is 11.3 Å². The van der Waals surface area contributed by atoms with Crippen LogP contribution < -0.4 is 0 Å². The lowest BCUT2D eigenvalue weighted by Crippen LogP contribution is -1.96. The summed E-state index contributed by atoms with van der Waals surface area (Å²) in [6.45, 7) is 0. The molecule has 0 N–H and O–H groups in total. The molecule has 0 amide bonds. The van der Waals surface area contributed by atoms with E-state index < -0.39 is 0 Å². The molecule has 4 heteroatoms. The van der Waals surface area contributed by atoms with Crippen LogP contribution in [0.2, 0.25) is 0 Å². The smallest absolute Gasteiger partial charge is 0.161 e. The van der Waals surface area contributed by atoms with Crippen LogP contribution in [-0.2, 0) is 0 Å². The van der Waals surface area contributed by atoms with E-state index >= 15 is 0 Å². The van der Waals surface area contributed by atoms with Gasteiger partial charge in [-0.2, -0.15) is 0 Å². The number of hydrogen-bond donors (Lipinski definition) is 0. The van der Waals surface area contributed by atoms with E-state index in [-0.39, 0.29) is 0 Å². The highest BCUT2D eigenvalue weighted by Crippen LogP contribution is 2.47. The van der Waals surface area contributed by atoms with Crippen LogP contribution in [0.1, 0.15) is 0 Å². The molecular formula is C44H27N3S. The Hall–Kier alpha value is -6.10. The first kappa shape index (κ1) is 27.1. The van der Waals surface area contributed by atoms with Crippen LogP contribution in [0.4, 0.5) is 0 Å². The van der Waals surface area contributed by atoms with Crippen molar-refractivity contribution in [2.24, 2.45) is 0 Å². The second-order valence-corrected chi connectivity index (χ2v) is 13.2. The molecule has 0 spiro atoms. The first-order chi connectivity index (χ1) is 23.8. The van der Waals surface area contributed by atoms with Crippen LogP contribution in [0.5, 0.6) is 0 Å². The summed E-state index contributed by atoms with van der Waals surface area (Å²) >= 11 is 1.84. The van der Waals surface area contributed by atoms with E-state index in [1.165, 1.54) is 58.4 Å². The van der Waals surface area contributed by atoms with E-state index in [1.54, 1.807) is 0 Å². The summed E-state index contributed by atoms with van der Waals surface area (Å²) in [6, 6.07) is 58.1. The van der Waals surface area contributed by atoms with Gasteiger partial charge in [-0.25, -0.2) is 9.97 Å². The van der Waals surface area contributed by atoms with Gasteiger partial charge in [0.2, 0.25) is 0 Å². The summed E-state index contributed by atoms with van der Waals surface area (Å²) in [5, 5.41) is 7.44. The lowest BCUT2D eigenvalue weighted by Gasteiger charge is -2.11. The molecule has 0 aliphatic heterocycles. The maximum Gasteiger partial charge on any atom is 0.161 e. The first-order valence-corrected chi connectivity index (χ1v) is 17.0. The fourth-order valence-electron chi connectivity index (χ4n) is 7.24. The zero-order valence-electron chi connectivity index (χ0n) is 25.8. The van der Waals surface area contributed by atoms with Crippen LogP contribution in [-0.4, -0.2) is 14.5 Å². The van der Waals surface area contributed by atoms with Gasteiger partial charge < -0.3 is 4.57 Å². The van der Waals surface area contributed by atoms with E-state index in [2.05, 4.69) is 156 Å². The van der Waals surface area contributed by atoms with Gasteiger partial charge in [-0.15, -0.1) is 11.3 Å². The Balaban J connectivity index is 1.31. The minimum absolute atomic E-state index is 0.732. The summed E-state index contributed by atoms with van der Waals surface area (Å²) in [6.07, 6.45) is 0. The zero-order chi connectivity index (χ0) is 31.6. The molecule has 0 aliphatic carbocycles. The predicted octanol–water partition coefficient (Wildman–Crippen LogP) is 12.1. The normalized spacial score (nSPS) is 11.8. The molecule has 224 valence electrons. The highest BCUT2D eigenvalue weighted by atomic mass is 32.1. The average molecular weight is 630 g/mol. The van der Waals surface area contributed by atoms with E-state index in [0.717, 1.165) is 33.9 Å². The molecule has 0 radical (unpaired) electrons. The van der Waals surface area contributed by atoms with Gasteiger partial charge in [-0.3, -0.25) is 0 Å². The molecule has 0 atom stereocenters. The number of nitrogens with zero attached hydrogens (tertiary/aromatic N) is 3. The SMILES string of the molecule is c1ccc(-c2cc(-c3ccccc3)nc(-c3cc4ccccc4c4c3sc3c(-n5c6ccccc6c6ccccc65)cccc34)n2)cc1. The molecule has 7 aromatic carbocycles. The van der Waals surface area contributed by atoms with E-state index in [1.807, 2.05) is 23.5 Å². The largest absolute Gasteiger partial charge is 0.308 e. The molecule has 0 fully saturated rings. The molecule has 48 heavy (non-hydrogen) atoms. The van der Waals surface area contributed by atoms with Crippen LogP contribution in [0.3, 0.4) is 0 Å². The number of hydrogen-bond acceptors (Lipinski definition) is 3. The van der Waals surface area contributed by atoms with Gasteiger partial charge in [0.05, 0.1) is 32.8 Å². The molecule has 3 nitrogen and oxygen atoms in total. The van der Waals surface area contributed by atoms with Crippen molar-refractivity contribution in [3.05, 3.63) is 164 Å². The third kappa shape index (κ3) is 4.13. The molecule has 3 aromatic heterocycles. The van der Waals surface area contributed by atoms with Gasteiger partial charge in [-0.1, -0.05) is 133 Å². The van der Waals surface area contributed by atoms with Crippen molar-refractivity contribution in [2.75, 3.05) is 0 Å². The van der Waals surface area contributed by atoms with Crippen molar-refractivity contribution in [1.29, 1.82) is 0 Å². The summed E-state index contributed by atoms with van der Waals surface area (Å²) in [5.74, 6) is 0.732. The average Bonchev–Trinajstić information content (AvgIpc) is 3.72. The Labute approximate surface area is 281 Å². The molecule has 10 rings (SSSR count). The molecule has 3 heterocycles. The highest BCUT2D eigenvalue weighted by Gasteiger charge is 2.21. The second-order valence-electron chi connectivity index (χ2n) is 12.2. The van der Waals surface area contributed by atoms with Crippen molar-refractivity contribution < 1.29 is 0 Å². The van der Waals surface area contributed by atoms with Gasteiger partial charge in [0.15, 0.2) is 5.82 Å². The maximum absolute atomic E-state index is 5.27. The number of rotatable bonds is 4. The fourth-order valence-corrected chi connectivity index (χ4v) is 8.57. The standard InChI is InChI=1S/C44H27N3S/c1-3-14-28(15-4-1)36-27-37(29-16-5-2-6-17-29)46-44(45-36)35-26-30-18-7-8-19-31(30)41-34-22-13-25-40(42(34)48-43(35)41)47-38-23-11-9-20-32(38)33-21-10-12-24-39(33)47/h1-27H. The van der Waals surface area contributed by atoms with Crippen molar-refractivity contribution in [1.82, 2.24) is 14.5 Å². The molecule has 0 bridgehead atoms. The van der Waals surface area contributed by atoms with Crippen LogP contribution in [0.25, 0.3) is 92.3 Å². The number of aromatic nitrogens is 3. The quantitative estimate of drug-likeness (QED) is 0.194. The van der Waals surface area contributed by atoms with Gasteiger partial charge in [0.1, 0.15) is 0 Å². The number of thiophene rings is 1. The molecule has 0 saturated heterocycles. The Morgan fingerprint density at radius 2 is 0.979 bits per heavy atom. The lowest BCUT2D eigenvalue weighted by atomic mass is 9.99. The second kappa shape index (κ2) is 10.7. The van der Waals surface area contributed by atoms with Gasteiger partial charge >= 0.3 is 0 Å². The summed E-state index contributed by atoms with van der Waals surface area (Å²) in [5.41, 5.74) is 8.61. The van der Waals surface area contributed by atoms with Crippen LogP contribution in [0, 0.1) is 0 Å². The van der Waals surface area contributed by atoms with Crippen molar-refractivity contribution in [3.8, 4) is 39.6 Å². The third-order valence-corrected chi connectivity index (χ3v) is 10.7. The predicted molar refractivity (Wildman–Crippen MR) is 203 cm³/mol. The summed E-state index contributed by atoms with van der Waals surface area (Å²) in [7, 11) is 0. The van der Waals surface area contributed by atoms with E-state index in [0.29, 0.717) is 0 Å². The molecular weight excluding hydrogens is 603 g/mol. The fraction of sp³-hybridized carbons (Fsp3) is 0. The topological polar surface area (TPSA) is 30.7 Å². The Kier molecular flexibility index (Phi) is 6.05. The van der Waals surface area contributed by atoms with Gasteiger partial charge in [0, 0.05) is 42.9 Å². The van der Waals surface area contributed by atoms with Crippen LogP contribution in [0.15, 0.2) is 164 Å². The van der Waals surface area contributed by atoms with E-state index in [4.69, 9.17) is 9.97 Å². The van der Waals surface area contributed by atoms with Crippen molar-refractivity contribution >= 4 is 64.1 Å². The van der Waals surface area contributed by atoms with Gasteiger partial charge in [0.25, 0.3) is 0 Å². The number of para-hydroxylation sites is 2. The monoisotopic (exact) mass is 629 g/mol. The van der Waals surface area contributed by atoms with E-state index in [9.17, 15) is 0 Å². The molecule has 10 aromatic rings. The number of benzene rings is 7. The zero-order valence-corrected chi connectivity index (χ0v) is 26.7. The summed E-state index contributed by atoms with van der Waals surface area (Å²) < 4.78 is 4.88. The minimum atomic E-state index is 0.732. The third-order valence-electron chi connectivity index (χ3n) is 9.40. The summed E-state index contributed by atoms with van der Waals surface area (Å²) in [4.78, 5) is 10.5. The van der Waals surface area contributed by atoms with Crippen molar-refractivity contribution in [3.63, 3.8) is 0 Å². The molecule has 0 saturated carbocycles. The molecule has 0 unspecified atom stereocenters. The Morgan fingerprint density at radius 3 is 1.62 bits per heavy atom.